The van der Waals surface area contributed by atoms with E-state index in [4.69, 9.17) is 5.11 Å². The van der Waals surface area contributed by atoms with Gasteiger partial charge in [0.05, 0.1) is 18.8 Å². The Kier molecular flexibility index (Phi) is 3.88. The summed E-state index contributed by atoms with van der Waals surface area (Å²) in [6, 6.07) is -0.454. The average Bonchev–Trinajstić information content (AvgIpc) is 2.33. The van der Waals surface area contributed by atoms with E-state index >= 15 is 0 Å². The summed E-state index contributed by atoms with van der Waals surface area (Å²) in [4.78, 5) is 26.2. The summed E-state index contributed by atoms with van der Waals surface area (Å²) in [5.41, 5.74) is -0.307. The smallest absolute Gasteiger partial charge is 0.321 e. The Morgan fingerprint density at radius 2 is 2.16 bits per heavy atom. The number of carboxylic acid groups (broad SMARTS) is 1. The van der Waals surface area contributed by atoms with Crippen LogP contribution in [0.15, 0.2) is 12.4 Å². The number of nitrogens with zero attached hydrogens (tertiary/aromatic N) is 3. The van der Waals surface area contributed by atoms with Crippen molar-refractivity contribution in [1.82, 2.24) is 20.5 Å². The first kappa shape index (κ1) is 13.2. The van der Waals surface area contributed by atoms with E-state index in [1.165, 1.54) is 12.4 Å². The monoisotopic (exact) mass is 265 g/mol. The van der Waals surface area contributed by atoms with Crippen LogP contribution in [0.1, 0.15) is 25.7 Å². The Morgan fingerprint density at radius 3 is 2.68 bits per heavy atom. The third-order valence-electron chi connectivity index (χ3n) is 3.27. The molecule has 0 spiro atoms. The van der Waals surface area contributed by atoms with E-state index in [1.807, 2.05) is 0 Å². The number of aromatic nitrogens is 3. The number of aliphatic carboxylic acids is 1. The van der Waals surface area contributed by atoms with Gasteiger partial charge in [0.25, 0.3) is 5.95 Å². The van der Waals surface area contributed by atoms with Gasteiger partial charge >= 0.3 is 12.0 Å². The van der Waals surface area contributed by atoms with Gasteiger partial charge in [-0.25, -0.2) is 9.78 Å². The molecule has 1 aliphatic carbocycles. The minimum Gasteiger partial charge on any atom is -0.481 e. The number of rotatable bonds is 5. The summed E-state index contributed by atoms with van der Waals surface area (Å²) in [6.07, 6.45) is 5.55. The van der Waals surface area contributed by atoms with Gasteiger partial charge in [-0.15, -0.1) is 5.10 Å². The van der Waals surface area contributed by atoms with Gasteiger partial charge < -0.3 is 10.4 Å². The van der Waals surface area contributed by atoms with Gasteiger partial charge in [0, 0.05) is 6.54 Å². The maximum absolute atomic E-state index is 11.6. The van der Waals surface area contributed by atoms with Crippen LogP contribution < -0.4 is 10.6 Å². The minimum atomic E-state index is -0.836. The van der Waals surface area contributed by atoms with Gasteiger partial charge in [-0.3, -0.25) is 10.1 Å². The lowest BCUT2D eigenvalue weighted by atomic mass is 9.66. The molecule has 8 heteroatoms. The van der Waals surface area contributed by atoms with Crippen LogP contribution in [0.4, 0.5) is 10.7 Å². The molecule has 2 rings (SSSR count). The molecule has 0 atom stereocenters. The molecule has 1 fully saturated rings. The maximum Gasteiger partial charge on any atom is 0.321 e. The second-order valence-corrected chi connectivity index (χ2v) is 4.70. The molecule has 2 amide bonds. The van der Waals surface area contributed by atoms with E-state index < -0.39 is 12.0 Å². The zero-order valence-corrected chi connectivity index (χ0v) is 10.3. The third kappa shape index (κ3) is 3.60. The number of hydrogen-bond donors (Lipinski definition) is 3. The molecule has 0 unspecified atom stereocenters. The second kappa shape index (κ2) is 5.59. The highest BCUT2D eigenvalue weighted by Gasteiger charge is 2.39. The highest BCUT2D eigenvalue weighted by Crippen LogP contribution is 2.43. The molecule has 0 radical (unpaired) electrons. The molecule has 19 heavy (non-hydrogen) atoms. The highest BCUT2D eigenvalue weighted by molar-refractivity contribution is 5.87. The number of amides is 2. The summed E-state index contributed by atoms with van der Waals surface area (Å²) < 4.78 is 0. The van der Waals surface area contributed by atoms with Crippen molar-refractivity contribution in [1.29, 1.82) is 0 Å². The van der Waals surface area contributed by atoms with Crippen molar-refractivity contribution in [3.8, 4) is 0 Å². The summed E-state index contributed by atoms with van der Waals surface area (Å²) in [5, 5.41) is 21.1. The van der Waals surface area contributed by atoms with Gasteiger partial charge in [-0.05, 0) is 18.3 Å². The fourth-order valence-corrected chi connectivity index (χ4v) is 2.13. The molecule has 1 aromatic rings. The van der Waals surface area contributed by atoms with Gasteiger partial charge in [0.1, 0.15) is 0 Å². The Hall–Kier alpha value is -2.25. The van der Waals surface area contributed by atoms with Crippen LogP contribution >= 0.6 is 0 Å². The Bertz CT molecular complexity index is 461. The van der Waals surface area contributed by atoms with E-state index in [9.17, 15) is 9.59 Å². The van der Waals surface area contributed by atoms with Crippen molar-refractivity contribution in [2.75, 3.05) is 11.9 Å². The summed E-state index contributed by atoms with van der Waals surface area (Å²) >= 11 is 0. The van der Waals surface area contributed by atoms with E-state index in [0.717, 1.165) is 19.3 Å². The summed E-state index contributed by atoms with van der Waals surface area (Å²) in [7, 11) is 0. The molecular weight excluding hydrogens is 250 g/mol. The number of hydrogen-bond acceptors (Lipinski definition) is 5. The maximum atomic E-state index is 11.6. The predicted molar refractivity (Wildman–Crippen MR) is 65.4 cm³/mol. The van der Waals surface area contributed by atoms with Crippen molar-refractivity contribution in [3.63, 3.8) is 0 Å². The largest absolute Gasteiger partial charge is 0.481 e. The molecule has 0 saturated heterocycles. The second-order valence-electron chi connectivity index (χ2n) is 4.70. The summed E-state index contributed by atoms with van der Waals surface area (Å²) in [6.45, 7) is 0.339. The fraction of sp³-hybridized carbons (Fsp3) is 0.545. The molecule has 0 bridgehead atoms. The number of anilines is 1. The molecular formula is C11H15N5O3. The zero-order valence-electron chi connectivity index (χ0n) is 10.3. The van der Waals surface area contributed by atoms with E-state index in [0.29, 0.717) is 6.54 Å². The van der Waals surface area contributed by atoms with Crippen LogP contribution in [0.5, 0.6) is 0 Å². The van der Waals surface area contributed by atoms with Crippen LogP contribution in [0.3, 0.4) is 0 Å². The van der Waals surface area contributed by atoms with Crippen molar-refractivity contribution in [3.05, 3.63) is 12.4 Å². The Labute approximate surface area is 109 Å². The number of urea groups is 1. The lowest BCUT2D eigenvalue weighted by Gasteiger charge is -2.40. The first-order valence-electron chi connectivity index (χ1n) is 6.00. The fourth-order valence-electron chi connectivity index (χ4n) is 2.13. The molecule has 8 nitrogen and oxygen atoms in total. The molecule has 102 valence electrons. The normalized spacial score (nSPS) is 16.2. The average molecular weight is 265 g/mol. The lowest BCUT2D eigenvalue weighted by molar-refractivity contribution is -0.141. The van der Waals surface area contributed by atoms with Gasteiger partial charge in [-0.2, -0.15) is 5.10 Å². The van der Waals surface area contributed by atoms with Gasteiger partial charge in [0.2, 0.25) is 0 Å². The third-order valence-corrected chi connectivity index (χ3v) is 3.27. The highest BCUT2D eigenvalue weighted by atomic mass is 16.4. The SMILES string of the molecule is O=C(O)CC1(CNC(=O)Nc2nccnn2)CCC1. The molecule has 0 aromatic carbocycles. The topological polar surface area (TPSA) is 117 Å². The van der Waals surface area contributed by atoms with Crippen molar-refractivity contribution >= 4 is 17.9 Å². The number of carbonyl (C=O) groups is 2. The van der Waals surface area contributed by atoms with Crippen molar-refractivity contribution in [2.45, 2.75) is 25.7 Å². The Balaban J connectivity index is 1.81. The van der Waals surface area contributed by atoms with Crippen LogP contribution in [-0.4, -0.2) is 38.8 Å². The van der Waals surface area contributed by atoms with Crippen LogP contribution in [0, 0.1) is 5.41 Å². The first-order chi connectivity index (χ1) is 9.10. The van der Waals surface area contributed by atoms with Crippen LogP contribution in [0.25, 0.3) is 0 Å². The molecule has 1 saturated carbocycles. The number of nitrogens with one attached hydrogen (secondary N) is 2. The summed E-state index contributed by atoms with van der Waals surface area (Å²) in [5.74, 6) is -0.724. The molecule has 1 aliphatic rings. The van der Waals surface area contributed by atoms with Gasteiger partial charge in [-0.1, -0.05) is 6.42 Å². The van der Waals surface area contributed by atoms with E-state index in [2.05, 4.69) is 25.8 Å². The quantitative estimate of drug-likeness (QED) is 0.719. The van der Waals surface area contributed by atoms with Crippen molar-refractivity contribution < 1.29 is 14.7 Å². The predicted octanol–water partition coefficient (Wildman–Crippen LogP) is 0.638. The van der Waals surface area contributed by atoms with Crippen molar-refractivity contribution in [2.24, 2.45) is 5.41 Å². The first-order valence-corrected chi connectivity index (χ1v) is 6.00. The minimum absolute atomic E-state index is 0.0800. The standard InChI is InChI=1S/C11H15N5O3/c17-8(18)6-11(2-1-3-11)7-13-10(19)15-9-12-4-5-14-16-9/h4-5H,1-3,6-7H2,(H,17,18)(H2,12,13,15,16,19). The molecule has 0 aliphatic heterocycles. The zero-order chi connectivity index (χ0) is 13.7. The van der Waals surface area contributed by atoms with E-state index in [-0.39, 0.29) is 17.8 Å². The molecule has 3 N–H and O–H groups in total. The van der Waals surface area contributed by atoms with E-state index in [1.54, 1.807) is 0 Å². The number of carbonyl (C=O) groups excluding carboxylic acids is 1. The van der Waals surface area contributed by atoms with Gasteiger partial charge in [0.15, 0.2) is 0 Å². The molecule has 1 aromatic heterocycles. The molecule has 1 heterocycles. The number of carboxylic acids is 1. The Morgan fingerprint density at radius 1 is 1.37 bits per heavy atom. The van der Waals surface area contributed by atoms with Crippen LogP contribution in [0.2, 0.25) is 0 Å². The lowest BCUT2D eigenvalue weighted by Crippen LogP contribution is -2.44. The van der Waals surface area contributed by atoms with Crippen LogP contribution in [-0.2, 0) is 4.79 Å².